The normalized spacial score (nSPS) is 18.9. The molecule has 1 aliphatic carbocycles. The summed E-state index contributed by atoms with van der Waals surface area (Å²) in [5.41, 5.74) is 0.751. The highest BCUT2D eigenvalue weighted by Crippen LogP contribution is 2.24. The molecular weight excluding hydrogens is 463 g/mol. The molecule has 1 saturated carbocycles. The molecule has 3 rings (SSSR count). The summed E-state index contributed by atoms with van der Waals surface area (Å²) in [7, 11) is -3.44. The van der Waals surface area contributed by atoms with Crippen molar-refractivity contribution < 1.29 is 8.42 Å². The lowest BCUT2D eigenvalue weighted by Gasteiger charge is -2.26. The topological polar surface area (TPSA) is 73.8 Å². The maximum atomic E-state index is 13.0. The van der Waals surface area contributed by atoms with E-state index < -0.39 is 10.0 Å². The van der Waals surface area contributed by atoms with E-state index in [-0.39, 0.29) is 24.0 Å². The molecule has 26 heavy (non-hydrogen) atoms. The van der Waals surface area contributed by atoms with Crippen molar-refractivity contribution >= 4 is 40.0 Å². The van der Waals surface area contributed by atoms with Crippen LogP contribution in [0.5, 0.6) is 0 Å². The summed E-state index contributed by atoms with van der Waals surface area (Å²) < 4.78 is 27.6. The van der Waals surface area contributed by atoms with E-state index in [2.05, 4.69) is 15.6 Å². The standard InChI is InChI=1S/C18H28N4O2S.HI/c1-2-19-18(21-16-10-11-16)20-14-15-8-4-5-9-17(15)25(23,24)22-12-6-3-7-13-22;/h4-5,8-9,16H,2-3,6-7,10-14H2,1H3,(H2,19,20,21);1H. The van der Waals surface area contributed by atoms with E-state index in [0.29, 0.717) is 30.6 Å². The van der Waals surface area contributed by atoms with Crippen LogP contribution in [-0.4, -0.2) is 44.4 Å². The van der Waals surface area contributed by atoms with Crippen LogP contribution in [0.4, 0.5) is 0 Å². The second kappa shape index (κ2) is 9.89. The molecular formula is C18H29IN4O2S. The first-order valence-corrected chi connectivity index (χ1v) is 10.7. The number of hydrogen-bond acceptors (Lipinski definition) is 3. The monoisotopic (exact) mass is 492 g/mol. The Hall–Kier alpha value is -0.870. The molecule has 2 N–H and O–H groups in total. The maximum Gasteiger partial charge on any atom is 0.243 e. The third kappa shape index (κ3) is 5.56. The van der Waals surface area contributed by atoms with Crippen molar-refractivity contribution in [2.45, 2.75) is 56.5 Å². The first-order valence-electron chi connectivity index (χ1n) is 9.24. The third-order valence-corrected chi connectivity index (χ3v) is 6.57. The summed E-state index contributed by atoms with van der Waals surface area (Å²) in [6, 6.07) is 7.74. The van der Waals surface area contributed by atoms with Gasteiger partial charge in [0.25, 0.3) is 0 Å². The predicted octanol–water partition coefficient (Wildman–Crippen LogP) is 2.70. The van der Waals surface area contributed by atoms with Crippen LogP contribution in [0.2, 0.25) is 0 Å². The van der Waals surface area contributed by atoms with Gasteiger partial charge in [-0.2, -0.15) is 4.31 Å². The first-order chi connectivity index (χ1) is 12.1. The average molecular weight is 492 g/mol. The first kappa shape index (κ1) is 21.4. The fourth-order valence-corrected chi connectivity index (χ4v) is 4.77. The molecule has 2 aliphatic rings. The minimum absolute atomic E-state index is 0. The average Bonchev–Trinajstić information content (AvgIpc) is 3.45. The summed E-state index contributed by atoms with van der Waals surface area (Å²) in [5, 5.41) is 6.59. The van der Waals surface area contributed by atoms with E-state index in [1.165, 1.54) is 12.8 Å². The second-order valence-electron chi connectivity index (χ2n) is 6.69. The largest absolute Gasteiger partial charge is 0.357 e. The minimum atomic E-state index is -3.44. The number of piperidine rings is 1. The number of sulfonamides is 1. The Morgan fingerprint density at radius 3 is 2.54 bits per heavy atom. The number of hydrogen-bond donors (Lipinski definition) is 2. The van der Waals surface area contributed by atoms with Gasteiger partial charge in [0.15, 0.2) is 5.96 Å². The van der Waals surface area contributed by atoms with Crippen molar-refractivity contribution in [2.75, 3.05) is 19.6 Å². The van der Waals surface area contributed by atoms with Gasteiger partial charge >= 0.3 is 0 Å². The number of benzene rings is 1. The van der Waals surface area contributed by atoms with Crippen molar-refractivity contribution in [3.05, 3.63) is 29.8 Å². The van der Waals surface area contributed by atoms with Crippen LogP contribution in [0.25, 0.3) is 0 Å². The molecule has 0 aromatic heterocycles. The van der Waals surface area contributed by atoms with E-state index >= 15 is 0 Å². The molecule has 6 nitrogen and oxygen atoms in total. The second-order valence-corrected chi connectivity index (χ2v) is 8.59. The molecule has 0 spiro atoms. The van der Waals surface area contributed by atoms with Gasteiger partial charge in [-0.25, -0.2) is 13.4 Å². The zero-order valence-electron chi connectivity index (χ0n) is 15.3. The molecule has 1 aromatic carbocycles. The van der Waals surface area contributed by atoms with Gasteiger partial charge in [-0.1, -0.05) is 24.6 Å². The SMILES string of the molecule is CCNC(=NCc1ccccc1S(=O)(=O)N1CCCCC1)NC1CC1.I. The van der Waals surface area contributed by atoms with Crippen LogP contribution >= 0.6 is 24.0 Å². The van der Waals surface area contributed by atoms with Crippen molar-refractivity contribution in [3.8, 4) is 0 Å². The van der Waals surface area contributed by atoms with E-state index in [0.717, 1.165) is 37.3 Å². The van der Waals surface area contributed by atoms with Gasteiger partial charge in [-0.3, -0.25) is 0 Å². The van der Waals surface area contributed by atoms with Gasteiger partial charge in [-0.05, 0) is 44.2 Å². The molecule has 8 heteroatoms. The van der Waals surface area contributed by atoms with Crippen molar-refractivity contribution in [2.24, 2.45) is 4.99 Å². The highest BCUT2D eigenvalue weighted by molar-refractivity contribution is 14.0. The van der Waals surface area contributed by atoms with Gasteiger partial charge in [0.05, 0.1) is 11.4 Å². The molecule has 0 amide bonds. The zero-order valence-corrected chi connectivity index (χ0v) is 18.4. The van der Waals surface area contributed by atoms with Gasteiger partial charge in [0.1, 0.15) is 0 Å². The number of aliphatic imine (C=N–C) groups is 1. The number of nitrogens with zero attached hydrogens (tertiary/aromatic N) is 2. The Bertz CT molecular complexity index is 714. The highest BCUT2D eigenvalue weighted by Gasteiger charge is 2.28. The van der Waals surface area contributed by atoms with E-state index in [9.17, 15) is 8.42 Å². The Balaban J connectivity index is 0.00000243. The highest BCUT2D eigenvalue weighted by atomic mass is 127. The van der Waals surface area contributed by atoms with Crippen LogP contribution in [0.15, 0.2) is 34.2 Å². The fraction of sp³-hybridized carbons (Fsp3) is 0.611. The lowest BCUT2D eigenvalue weighted by molar-refractivity contribution is 0.346. The number of guanidine groups is 1. The maximum absolute atomic E-state index is 13.0. The lowest BCUT2D eigenvalue weighted by atomic mass is 10.2. The molecule has 0 atom stereocenters. The predicted molar refractivity (Wildman–Crippen MR) is 115 cm³/mol. The van der Waals surface area contributed by atoms with Crippen molar-refractivity contribution in [1.29, 1.82) is 0 Å². The molecule has 146 valence electrons. The Morgan fingerprint density at radius 1 is 1.19 bits per heavy atom. The van der Waals surface area contributed by atoms with Gasteiger partial charge in [0, 0.05) is 25.7 Å². The van der Waals surface area contributed by atoms with Gasteiger partial charge in [-0.15, -0.1) is 24.0 Å². The van der Waals surface area contributed by atoms with E-state index in [4.69, 9.17) is 0 Å². The Labute approximate surface area is 173 Å². The number of rotatable bonds is 6. The lowest BCUT2D eigenvalue weighted by Crippen LogP contribution is -2.38. The summed E-state index contributed by atoms with van der Waals surface area (Å²) in [6.07, 6.45) is 5.33. The molecule has 0 bridgehead atoms. The number of halogens is 1. The quantitative estimate of drug-likeness (QED) is 0.364. The molecule has 1 saturated heterocycles. The van der Waals surface area contributed by atoms with Gasteiger partial charge in [0.2, 0.25) is 10.0 Å². The minimum Gasteiger partial charge on any atom is -0.357 e. The number of nitrogens with one attached hydrogen (secondary N) is 2. The molecule has 0 unspecified atom stereocenters. The van der Waals surface area contributed by atoms with Crippen LogP contribution in [0.3, 0.4) is 0 Å². The van der Waals surface area contributed by atoms with Crippen LogP contribution in [0.1, 0.15) is 44.6 Å². The Kier molecular flexibility index (Phi) is 8.15. The molecule has 2 fully saturated rings. The van der Waals surface area contributed by atoms with Crippen molar-refractivity contribution in [1.82, 2.24) is 14.9 Å². The molecule has 0 radical (unpaired) electrons. The molecule has 1 aliphatic heterocycles. The summed E-state index contributed by atoms with van der Waals surface area (Å²) in [4.78, 5) is 4.99. The van der Waals surface area contributed by atoms with Crippen LogP contribution in [0, 0.1) is 0 Å². The van der Waals surface area contributed by atoms with E-state index in [1.807, 2.05) is 19.1 Å². The summed E-state index contributed by atoms with van der Waals surface area (Å²) >= 11 is 0. The fourth-order valence-electron chi connectivity index (χ4n) is 3.04. The zero-order chi connectivity index (χ0) is 17.7. The summed E-state index contributed by atoms with van der Waals surface area (Å²) in [5.74, 6) is 0.759. The van der Waals surface area contributed by atoms with Crippen LogP contribution < -0.4 is 10.6 Å². The van der Waals surface area contributed by atoms with Gasteiger partial charge < -0.3 is 10.6 Å². The van der Waals surface area contributed by atoms with Crippen LogP contribution in [-0.2, 0) is 16.6 Å². The van der Waals surface area contributed by atoms with E-state index in [1.54, 1.807) is 16.4 Å². The summed E-state index contributed by atoms with van der Waals surface area (Å²) in [6.45, 7) is 4.40. The third-order valence-electron chi connectivity index (χ3n) is 4.58. The Morgan fingerprint density at radius 2 is 1.88 bits per heavy atom. The smallest absolute Gasteiger partial charge is 0.243 e. The molecule has 1 aromatic rings. The van der Waals surface area contributed by atoms with Crippen molar-refractivity contribution in [3.63, 3.8) is 0 Å². The molecule has 1 heterocycles.